The zero-order valence-electron chi connectivity index (χ0n) is 7.67. The molecule has 0 amide bonds. The second-order valence-corrected chi connectivity index (χ2v) is 4.06. The maximum absolute atomic E-state index is 6.14. The van der Waals surface area contributed by atoms with Crippen LogP contribution < -0.4 is 5.32 Å². The van der Waals surface area contributed by atoms with Gasteiger partial charge in [0.15, 0.2) is 0 Å². The quantitative estimate of drug-likeness (QED) is 0.709. The Hall–Kier alpha value is -0.530. The lowest BCUT2D eigenvalue weighted by Gasteiger charge is -2.21. The van der Waals surface area contributed by atoms with Crippen LogP contribution in [0.2, 0.25) is 5.02 Å². The lowest BCUT2D eigenvalue weighted by molar-refractivity contribution is -0.704. The Morgan fingerprint density at radius 2 is 2.08 bits per heavy atom. The van der Waals surface area contributed by atoms with E-state index in [9.17, 15) is 0 Å². The fourth-order valence-corrected chi connectivity index (χ4v) is 2.28. The lowest BCUT2D eigenvalue weighted by Crippen LogP contribution is -2.86. The molecule has 0 saturated carbocycles. The van der Waals surface area contributed by atoms with Crippen molar-refractivity contribution < 1.29 is 5.32 Å². The number of rotatable bonds is 1. The highest BCUT2D eigenvalue weighted by atomic mass is 35.5. The fourth-order valence-electron chi connectivity index (χ4n) is 2.00. The average Bonchev–Trinajstić information content (AvgIpc) is 2.20. The van der Waals surface area contributed by atoms with Gasteiger partial charge >= 0.3 is 0 Å². The first-order valence-corrected chi connectivity index (χ1v) is 5.33. The van der Waals surface area contributed by atoms with Crippen molar-refractivity contribution in [1.29, 1.82) is 0 Å². The summed E-state index contributed by atoms with van der Waals surface area (Å²) in [5, 5.41) is 3.33. The summed E-state index contributed by atoms with van der Waals surface area (Å²) < 4.78 is 0. The molecule has 0 unspecified atom stereocenters. The van der Waals surface area contributed by atoms with Gasteiger partial charge in [0.25, 0.3) is 0 Å². The van der Waals surface area contributed by atoms with Crippen molar-refractivity contribution in [3.05, 3.63) is 34.9 Å². The summed E-state index contributed by atoms with van der Waals surface area (Å²) in [6.45, 7) is 1.25. The summed E-state index contributed by atoms with van der Waals surface area (Å²) in [6, 6.07) is 8.80. The molecule has 0 radical (unpaired) electrons. The summed E-state index contributed by atoms with van der Waals surface area (Å²) in [6.07, 6.45) is 3.96. The SMILES string of the molecule is Clc1ccccc1[C@@H]1CCCC[NH2+]1. The number of halogens is 1. The maximum Gasteiger partial charge on any atom is 0.113 e. The zero-order chi connectivity index (χ0) is 9.10. The highest BCUT2D eigenvalue weighted by Gasteiger charge is 2.19. The van der Waals surface area contributed by atoms with E-state index in [-0.39, 0.29) is 0 Å². The minimum atomic E-state index is 0.599. The van der Waals surface area contributed by atoms with E-state index in [1.807, 2.05) is 12.1 Å². The molecule has 0 bridgehead atoms. The topological polar surface area (TPSA) is 16.6 Å². The maximum atomic E-state index is 6.14. The van der Waals surface area contributed by atoms with Gasteiger partial charge in [0, 0.05) is 17.0 Å². The van der Waals surface area contributed by atoms with Gasteiger partial charge in [-0.25, -0.2) is 0 Å². The molecule has 2 N–H and O–H groups in total. The van der Waals surface area contributed by atoms with Crippen molar-refractivity contribution in [1.82, 2.24) is 0 Å². The van der Waals surface area contributed by atoms with Crippen LogP contribution in [-0.4, -0.2) is 6.54 Å². The Morgan fingerprint density at radius 1 is 1.23 bits per heavy atom. The van der Waals surface area contributed by atoms with E-state index >= 15 is 0 Å². The molecule has 1 fully saturated rings. The van der Waals surface area contributed by atoms with Crippen molar-refractivity contribution in [3.63, 3.8) is 0 Å². The van der Waals surface area contributed by atoms with E-state index in [1.54, 1.807) is 0 Å². The highest BCUT2D eigenvalue weighted by molar-refractivity contribution is 6.31. The van der Waals surface area contributed by atoms with Crippen molar-refractivity contribution in [2.75, 3.05) is 6.54 Å². The first-order valence-electron chi connectivity index (χ1n) is 4.95. The van der Waals surface area contributed by atoms with Gasteiger partial charge in [-0.1, -0.05) is 29.8 Å². The third-order valence-corrected chi connectivity index (χ3v) is 3.07. The highest BCUT2D eigenvalue weighted by Crippen LogP contribution is 2.24. The molecule has 2 rings (SSSR count). The van der Waals surface area contributed by atoms with Crippen LogP contribution in [0.3, 0.4) is 0 Å². The van der Waals surface area contributed by atoms with Crippen LogP contribution in [0, 0.1) is 0 Å². The van der Waals surface area contributed by atoms with Crippen LogP contribution in [0.15, 0.2) is 24.3 Å². The number of hydrogen-bond acceptors (Lipinski definition) is 0. The van der Waals surface area contributed by atoms with Crippen molar-refractivity contribution in [3.8, 4) is 0 Å². The van der Waals surface area contributed by atoms with E-state index in [4.69, 9.17) is 11.6 Å². The molecule has 1 aromatic rings. The zero-order valence-corrected chi connectivity index (χ0v) is 8.43. The van der Waals surface area contributed by atoms with Gasteiger partial charge in [0.2, 0.25) is 0 Å². The second kappa shape index (κ2) is 4.12. The van der Waals surface area contributed by atoms with Gasteiger partial charge in [-0.3, -0.25) is 0 Å². The van der Waals surface area contributed by atoms with Crippen LogP contribution in [-0.2, 0) is 0 Å². The molecule has 2 heteroatoms. The molecule has 0 aliphatic carbocycles. The molecule has 70 valence electrons. The molecule has 1 heterocycles. The van der Waals surface area contributed by atoms with Crippen LogP contribution in [0.1, 0.15) is 30.9 Å². The monoisotopic (exact) mass is 196 g/mol. The van der Waals surface area contributed by atoms with E-state index in [1.165, 1.54) is 31.4 Å². The van der Waals surface area contributed by atoms with Gasteiger partial charge in [0.1, 0.15) is 6.04 Å². The molecule has 1 aliphatic rings. The summed E-state index contributed by atoms with van der Waals surface area (Å²) in [7, 11) is 0. The summed E-state index contributed by atoms with van der Waals surface area (Å²) in [5.74, 6) is 0. The van der Waals surface area contributed by atoms with Gasteiger partial charge in [-0.15, -0.1) is 0 Å². The summed E-state index contributed by atoms with van der Waals surface area (Å²) >= 11 is 6.14. The van der Waals surface area contributed by atoms with Crippen LogP contribution in [0.4, 0.5) is 0 Å². The number of nitrogens with two attached hydrogens (primary N) is 1. The minimum absolute atomic E-state index is 0.599. The van der Waals surface area contributed by atoms with Gasteiger partial charge in [-0.05, 0) is 18.9 Å². The largest absolute Gasteiger partial charge is 0.340 e. The van der Waals surface area contributed by atoms with Crippen LogP contribution in [0.25, 0.3) is 0 Å². The predicted molar refractivity (Wildman–Crippen MR) is 54.8 cm³/mol. The van der Waals surface area contributed by atoms with Crippen LogP contribution in [0.5, 0.6) is 0 Å². The molecule has 0 aromatic heterocycles. The molecular weight excluding hydrogens is 182 g/mol. The van der Waals surface area contributed by atoms with E-state index < -0.39 is 0 Å². The second-order valence-electron chi connectivity index (χ2n) is 3.65. The fraction of sp³-hybridized carbons (Fsp3) is 0.455. The first kappa shape index (κ1) is 9.04. The Labute approximate surface area is 84.1 Å². The Balaban J connectivity index is 2.18. The minimum Gasteiger partial charge on any atom is -0.340 e. The van der Waals surface area contributed by atoms with Gasteiger partial charge < -0.3 is 5.32 Å². The molecular formula is C11H15ClN+. The van der Waals surface area contributed by atoms with E-state index in [2.05, 4.69) is 17.4 Å². The smallest absolute Gasteiger partial charge is 0.113 e. The van der Waals surface area contributed by atoms with E-state index in [0.29, 0.717) is 6.04 Å². The Kier molecular flexibility index (Phi) is 2.87. The molecule has 1 atom stereocenters. The number of quaternary nitrogens is 1. The Morgan fingerprint density at radius 3 is 2.77 bits per heavy atom. The normalized spacial score (nSPS) is 23.0. The van der Waals surface area contributed by atoms with E-state index in [0.717, 1.165) is 5.02 Å². The first-order chi connectivity index (χ1) is 6.38. The predicted octanol–water partition coefficient (Wildman–Crippen LogP) is 2.13. The van der Waals surface area contributed by atoms with Crippen LogP contribution >= 0.6 is 11.6 Å². The van der Waals surface area contributed by atoms with Gasteiger partial charge in [0.05, 0.1) is 6.54 Å². The molecule has 0 spiro atoms. The molecule has 1 aliphatic heterocycles. The Bertz CT molecular complexity index is 279. The number of benzene rings is 1. The summed E-state index contributed by atoms with van der Waals surface area (Å²) in [4.78, 5) is 0. The third-order valence-electron chi connectivity index (χ3n) is 2.73. The lowest BCUT2D eigenvalue weighted by atomic mass is 9.98. The number of piperidine rings is 1. The van der Waals surface area contributed by atoms with Crippen molar-refractivity contribution in [2.24, 2.45) is 0 Å². The van der Waals surface area contributed by atoms with Crippen molar-refractivity contribution >= 4 is 11.6 Å². The standard InChI is InChI=1S/C11H14ClN/c12-10-6-2-1-5-9(10)11-7-3-4-8-13-11/h1-2,5-6,11,13H,3-4,7-8H2/p+1/t11-/m0/s1. The van der Waals surface area contributed by atoms with Crippen molar-refractivity contribution in [2.45, 2.75) is 25.3 Å². The molecule has 1 saturated heterocycles. The number of hydrogen-bond donors (Lipinski definition) is 1. The molecule has 13 heavy (non-hydrogen) atoms. The average molecular weight is 197 g/mol. The van der Waals surface area contributed by atoms with Gasteiger partial charge in [-0.2, -0.15) is 0 Å². The summed E-state index contributed by atoms with van der Waals surface area (Å²) in [5.41, 5.74) is 1.31. The molecule has 1 aromatic carbocycles. The molecule has 1 nitrogen and oxygen atoms in total. The third kappa shape index (κ3) is 2.04.